The maximum atomic E-state index is 11.4. The first-order valence-corrected chi connectivity index (χ1v) is 4.47. The Bertz CT molecular complexity index is 158. The second-order valence-corrected chi connectivity index (χ2v) is 4.56. The summed E-state index contributed by atoms with van der Waals surface area (Å²) in [6, 6.07) is 0. The van der Waals surface area contributed by atoms with Crippen molar-refractivity contribution in [2.45, 2.75) is 12.5 Å². The second kappa shape index (κ2) is 3.65. The smallest absolute Gasteiger partial charge is 0.356 e. The molecule has 0 spiro atoms. The van der Waals surface area contributed by atoms with E-state index < -0.39 is 13.1 Å². The van der Waals surface area contributed by atoms with Gasteiger partial charge in [0.25, 0.3) is 5.53 Å². The molecule has 0 saturated heterocycles. The molecule has 0 aromatic rings. The third-order valence-electron chi connectivity index (χ3n) is 1.38. The summed E-state index contributed by atoms with van der Waals surface area (Å²) in [5.74, 6) is 0. The lowest BCUT2D eigenvalue weighted by atomic mass is 10.8. The first-order chi connectivity index (χ1) is 4.93. The summed E-state index contributed by atoms with van der Waals surface area (Å²) in [6.07, 6.45) is 0. The number of hydrogen-bond acceptors (Lipinski definition) is 5. The molecule has 0 aliphatic rings. The summed E-state index contributed by atoms with van der Waals surface area (Å²) in [6.45, 7) is 1.21. The van der Waals surface area contributed by atoms with Crippen molar-refractivity contribution in [3.63, 3.8) is 0 Å². The number of ether oxygens (including phenoxy) is 1. The SMILES string of the molecule is COC(C)(O)P(=O)(OC)OC. The molecule has 0 fully saturated rings. The zero-order chi connectivity index (χ0) is 9.12. The van der Waals surface area contributed by atoms with Crippen LogP contribution in [-0.2, 0) is 18.3 Å². The number of rotatable bonds is 4. The van der Waals surface area contributed by atoms with Crippen LogP contribution in [0.4, 0.5) is 0 Å². The molecule has 0 heterocycles. The van der Waals surface area contributed by atoms with Gasteiger partial charge in [-0.2, -0.15) is 0 Å². The molecule has 1 atom stereocenters. The van der Waals surface area contributed by atoms with Crippen LogP contribution in [0.25, 0.3) is 0 Å². The highest BCUT2D eigenvalue weighted by atomic mass is 31.2. The molecule has 6 heteroatoms. The molecule has 1 unspecified atom stereocenters. The van der Waals surface area contributed by atoms with E-state index in [0.717, 1.165) is 0 Å². The van der Waals surface area contributed by atoms with E-state index in [2.05, 4.69) is 13.8 Å². The standard InChI is InChI=1S/C5H13O5P/c1-5(6,8-2)11(7,9-3)10-4/h6H,1-4H3. The second-order valence-electron chi connectivity index (χ2n) is 2.00. The van der Waals surface area contributed by atoms with Crippen molar-refractivity contribution in [1.29, 1.82) is 0 Å². The van der Waals surface area contributed by atoms with Crippen LogP contribution in [-0.4, -0.2) is 32.0 Å². The Hall–Kier alpha value is 0.0700. The van der Waals surface area contributed by atoms with E-state index in [1.807, 2.05) is 0 Å². The Balaban J connectivity index is 4.63. The van der Waals surface area contributed by atoms with Crippen LogP contribution in [0, 0.1) is 0 Å². The average Bonchev–Trinajstić information content (AvgIpc) is 2.02. The predicted molar refractivity (Wildman–Crippen MR) is 39.3 cm³/mol. The largest absolute Gasteiger partial charge is 0.388 e. The number of aliphatic hydroxyl groups is 1. The lowest BCUT2D eigenvalue weighted by Crippen LogP contribution is -2.27. The van der Waals surface area contributed by atoms with Gasteiger partial charge in [0.15, 0.2) is 0 Å². The molecule has 0 aromatic heterocycles. The van der Waals surface area contributed by atoms with Crippen molar-refractivity contribution >= 4 is 7.60 Å². The normalized spacial score (nSPS) is 17.9. The average molecular weight is 184 g/mol. The minimum absolute atomic E-state index is 1.18. The van der Waals surface area contributed by atoms with Crippen LogP contribution in [0.3, 0.4) is 0 Å². The number of hydrogen-bond donors (Lipinski definition) is 1. The Morgan fingerprint density at radius 2 is 1.64 bits per heavy atom. The van der Waals surface area contributed by atoms with Crippen molar-refractivity contribution in [1.82, 2.24) is 0 Å². The summed E-state index contributed by atoms with van der Waals surface area (Å²) in [5, 5.41) is 9.31. The van der Waals surface area contributed by atoms with Crippen molar-refractivity contribution in [3.8, 4) is 0 Å². The molecule has 0 aromatic carbocycles. The van der Waals surface area contributed by atoms with Gasteiger partial charge < -0.3 is 18.9 Å². The summed E-state index contributed by atoms with van der Waals surface area (Å²) in [7, 11) is 0.0189. The van der Waals surface area contributed by atoms with Crippen LogP contribution in [0.5, 0.6) is 0 Å². The lowest BCUT2D eigenvalue weighted by Gasteiger charge is -2.27. The van der Waals surface area contributed by atoms with Gasteiger partial charge in [0.1, 0.15) is 0 Å². The monoisotopic (exact) mass is 184 g/mol. The molecule has 0 rings (SSSR count). The van der Waals surface area contributed by atoms with Gasteiger partial charge in [0, 0.05) is 28.3 Å². The summed E-state index contributed by atoms with van der Waals surface area (Å²) in [4.78, 5) is 0. The number of methoxy groups -OCH3 is 1. The van der Waals surface area contributed by atoms with Crippen molar-refractivity contribution in [2.75, 3.05) is 21.3 Å². The van der Waals surface area contributed by atoms with Crippen LogP contribution in [0.15, 0.2) is 0 Å². The van der Waals surface area contributed by atoms with Gasteiger partial charge in [-0.15, -0.1) is 0 Å². The van der Waals surface area contributed by atoms with E-state index in [9.17, 15) is 9.67 Å². The molecular formula is C5H13O5P. The van der Waals surface area contributed by atoms with Gasteiger partial charge in [0.05, 0.1) is 0 Å². The quantitative estimate of drug-likeness (QED) is 0.516. The van der Waals surface area contributed by atoms with Crippen LogP contribution in [0.2, 0.25) is 0 Å². The molecule has 0 amide bonds. The zero-order valence-electron chi connectivity index (χ0n) is 7.03. The summed E-state index contributed by atoms with van der Waals surface area (Å²) in [5.41, 5.74) is -1.89. The van der Waals surface area contributed by atoms with Gasteiger partial charge in [-0.25, -0.2) is 0 Å². The maximum absolute atomic E-state index is 11.4. The van der Waals surface area contributed by atoms with E-state index in [1.165, 1.54) is 28.3 Å². The highest BCUT2D eigenvalue weighted by Gasteiger charge is 2.45. The molecule has 0 aliphatic heterocycles. The third-order valence-corrected chi connectivity index (χ3v) is 3.54. The van der Waals surface area contributed by atoms with E-state index in [4.69, 9.17) is 0 Å². The van der Waals surface area contributed by atoms with Crippen LogP contribution in [0.1, 0.15) is 6.92 Å². The molecule has 0 bridgehead atoms. The fourth-order valence-corrected chi connectivity index (χ4v) is 1.58. The molecular weight excluding hydrogens is 171 g/mol. The van der Waals surface area contributed by atoms with E-state index in [-0.39, 0.29) is 0 Å². The highest BCUT2D eigenvalue weighted by Crippen LogP contribution is 2.57. The zero-order valence-corrected chi connectivity index (χ0v) is 7.92. The Kier molecular flexibility index (Phi) is 3.67. The summed E-state index contributed by atoms with van der Waals surface area (Å²) >= 11 is 0. The Morgan fingerprint density at radius 3 is 1.73 bits per heavy atom. The molecule has 11 heavy (non-hydrogen) atoms. The van der Waals surface area contributed by atoms with Gasteiger partial charge >= 0.3 is 7.60 Å². The Morgan fingerprint density at radius 1 is 1.27 bits per heavy atom. The van der Waals surface area contributed by atoms with Crippen molar-refractivity contribution < 1.29 is 23.5 Å². The fourth-order valence-electron chi connectivity index (χ4n) is 0.525. The van der Waals surface area contributed by atoms with Crippen molar-refractivity contribution in [3.05, 3.63) is 0 Å². The molecule has 1 N–H and O–H groups in total. The minimum Gasteiger partial charge on any atom is -0.356 e. The lowest BCUT2D eigenvalue weighted by molar-refractivity contribution is -0.119. The van der Waals surface area contributed by atoms with Crippen LogP contribution < -0.4 is 0 Å². The van der Waals surface area contributed by atoms with Gasteiger partial charge in [-0.1, -0.05) is 0 Å². The minimum atomic E-state index is -3.55. The van der Waals surface area contributed by atoms with Crippen molar-refractivity contribution in [2.24, 2.45) is 0 Å². The van der Waals surface area contributed by atoms with Gasteiger partial charge in [0.2, 0.25) is 0 Å². The van der Waals surface area contributed by atoms with Gasteiger partial charge in [-0.05, 0) is 0 Å². The molecule has 0 saturated carbocycles. The first kappa shape index (κ1) is 11.1. The summed E-state index contributed by atoms with van der Waals surface area (Å²) < 4.78 is 24.9. The third kappa shape index (κ3) is 2.01. The van der Waals surface area contributed by atoms with E-state index in [0.29, 0.717) is 0 Å². The molecule has 68 valence electrons. The first-order valence-electron chi connectivity index (χ1n) is 2.92. The van der Waals surface area contributed by atoms with Gasteiger partial charge in [-0.3, -0.25) is 4.57 Å². The van der Waals surface area contributed by atoms with Crippen LogP contribution >= 0.6 is 7.60 Å². The predicted octanol–water partition coefficient (Wildman–Crippen LogP) is 0.785. The fraction of sp³-hybridized carbons (Fsp3) is 1.00. The Labute approximate surface area is 65.8 Å². The molecule has 0 radical (unpaired) electrons. The topological polar surface area (TPSA) is 65.0 Å². The highest BCUT2D eigenvalue weighted by molar-refractivity contribution is 7.55. The molecule has 5 nitrogen and oxygen atoms in total. The van der Waals surface area contributed by atoms with E-state index in [1.54, 1.807) is 0 Å². The maximum Gasteiger partial charge on any atom is 0.388 e. The molecule has 0 aliphatic carbocycles. The van der Waals surface area contributed by atoms with E-state index >= 15 is 0 Å².